The monoisotopic (exact) mass is 248 g/mol. The van der Waals surface area contributed by atoms with E-state index in [-0.39, 0.29) is 0 Å². The van der Waals surface area contributed by atoms with Gasteiger partial charge in [0.15, 0.2) is 0 Å². The minimum atomic E-state index is -0.879. The second-order valence-corrected chi connectivity index (χ2v) is 4.77. The van der Waals surface area contributed by atoms with Gasteiger partial charge in [-0.25, -0.2) is 14.8 Å². The number of rotatable bonds is 4. The minimum Gasteiger partial charge on any atom is -0.477 e. The molecule has 0 aliphatic rings. The molecule has 0 saturated heterocycles. The van der Waals surface area contributed by atoms with E-state index < -0.39 is 5.97 Å². The van der Waals surface area contributed by atoms with Crippen LogP contribution < -0.4 is 0 Å². The SMILES string of the molecule is CCCc1sc(C(=O)O)cc1-c1cncnc1. The molecule has 2 heterocycles. The van der Waals surface area contributed by atoms with Crippen LogP contribution in [0.15, 0.2) is 24.8 Å². The van der Waals surface area contributed by atoms with E-state index in [2.05, 4.69) is 16.9 Å². The lowest BCUT2D eigenvalue weighted by molar-refractivity contribution is 0.0702. The Morgan fingerprint density at radius 1 is 1.41 bits per heavy atom. The number of thiophene rings is 1. The summed E-state index contributed by atoms with van der Waals surface area (Å²) < 4.78 is 0. The van der Waals surface area contributed by atoms with Gasteiger partial charge in [0.1, 0.15) is 11.2 Å². The fraction of sp³-hybridized carbons (Fsp3) is 0.250. The molecule has 2 aromatic rings. The minimum absolute atomic E-state index is 0.368. The number of hydrogen-bond donors (Lipinski definition) is 1. The fourth-order valence-electron chi connectivity index (χ4n) is 1.63. The summed E-state index contributed by atoms with van der Waals surface area (Å²) in [6.45, 7) is 2.07. The van der Waals surface area contributed by atoms with E-state index in [1.165, 1.54) is 17.7 Å². The first-order valence-corrected chi connectivity index (χ1v) is 6.15. The highest BCUT2D eigenvalue weighted by Crippen LogP contribution is 2.31. The van der Waals surface area contributed by atoms with Gasteiger partial charge in [-0.05, 0) is 18.1 Å². The van der Waals surface area contributed by atoms with Gasteiger partial charge in [0.2, 0.25) is 0 Å². The Bertz CT molecular complexity index is 523. The molecule has 0 unspecified atom stereocenters. The number of aromatic carboxylic acids is 1. The fourth-order valence-corrected chi connectivity index (χ4v) is 2.75. The van der Waals surface area contributed by atoms with Gasteiger partial charge in [-0.3, -0.25) is 0 Å². The third kappa shape index (κ3) is 2.50. The molecule has 0 aliphatic carbocycles. The van der Waals surface area contributed by atoms with Crippen LogP contribution >= 0.6 is 11.3 Å². The molecule has 88 valence electrons. The molecule has 0 radical (unpaired) electrons. The molecule has 0 amide bonds. The van der Waals surface area contributed by atoms with E-state index in [1.54, 1.807) is 18.5 Å². The highest BCUT2D eigenvalue weighted by atomic mass is 32.1. The van der Waals surface area contributed by atoms with Crippen molar-refractivity contribution in [1.82, 2.24) is 9.97 Å². The summed E-state index contributed by atoms with van der Waals surface area (Å²) in [4.78, 5) is 20.4. The van der Waals surface area contributed by atoms with Crippen LogP contribution in [0.3, 0.4) is 0 Å². The van der Waals surface area contributed by atoms with E-state index in [0.29, 0.717) is 4.88 Å². The van der Waals surface area contributed by atoms with Gasteiger partial charge in [0.25, 0.3) is 0 Å². The number of aryl methyl sites for hydroxylation is 1. The summed E-state index contributed by atoms with van der Waals surface area (Å²) in [7, 11) is 0. The lowest BCUT2D eigenvalue weighted by Gasteiger charge is -2.00. The number of aromatic nitrogens is 2. The second-order valence-electron chi connectivity index (χ2n) is 3.63. The second kappa shape index (κ2) is 5.05. The Balaban J connectivity index is 2.48. The first-order valence-electron chi connectivity index (χ1n) is 5.33. The van der Waals surface area contributed by atoms with Crippen molar-refractivity contribution in [3.63, 3.8) is 0 Å². The molecule has 1 N–H and O–H groups in total. The molecule has 2 rings (SSSR count). The van der Waals surface area contributed by atoms with E-state index in [9.17, 15) is 4.79 Å². The molecular weight excluding hydrogens is 236 g/mol. The van der Waals surface area contributed by atoms with Gasteiger partial charge in [-0.2, -0.15) is 0 Å². The average molecular weight is 248 g/mol. The molecule has 0 aromatic carbocycles. The van der Waals surface area contributed by atoms with E-state index in [0.717, 1.165) is 28.8 Å². The topological polar surface area (TPSA) is 63.1 Å². The molecule has 0 saturated carbocycles. The molecule has 17 heavy (non-hydrogen) atoms. The number of carboxylic acid groups (broad SMARTS) is 1. The van der Waals surface area contributed by atoms with Crippen LogP contribution in [0.2, 0.25) is 0 Å². The van der Waals surface area contributed by atoms with Crippen molar-refractivity contribution in [2.45, 2.75) is 19.8 Å². The highest BCUT2D eigenvalue weighted by Gasteiger charge is 2.14. The molecule has 2 aromatic heterocycles. The maximum absolute atomic E-state index is 11.0. The quantitative estimate of drug-likeness (QED) is 0.903. The summed E-state index contributed by atoms with van der Waals surface area (Å²) in [5.41, 5.74) is 1.81. The summed E-state index contributed by atoms with van der Waals surface area (Å²) in [5, 5.41) is 9.02. The zero-order chi connectivity index (χ0) is 12.3. The molecule has 0 fully saturated rings. The highest BCUT2D eigenvalue weighted by molar-refractivity contribution is 7.14. The summed E-state index contributed by atoms with van der Waals surface area (Å²) in [5.74, 6) is -0.879. The maximum atomic E-state index is 11.0. The predicted molar refractivity (Wildman–Crippen MR) is 66.3 cm³/mol. The first-order chi connectivity index (χ1) is 8.22. The van der Waals surface area contributed by atoms with Crippen LogP contribution in [0, 0.1) is 0 Å². The molecule has 0 bridgehead atoms. The average Bonchev–Trinajstić information content (AvgIpc) is 2.75. The zero-order valence-corrected chi connectivity index (χ0v) is 10.2. The number of nitrogens with zero attached hydrogens (tertiary/aromatic N) is 2. The zero-order valence-electron chi connectivity index (χ0n) is 9.38. The van der Waals surface area contributed by atoms with Gasteiger partial charge < -0.3 is 5.11 Å². The third-order valence-corrected chi connectivity index (χ3v) is 3.55. The van der Waals surface area contributed by atoms with E-state index in [1.807, 2.05) is 0 Å². The molecule has 4 nitrogen and oxygen atoms in total. The number of carboxylic acids is 1. The predicted octanol–water partition coefficient (Wildman–Crippen LogP) is 2.86. The van der Waals surface area contributed by atoms with Crippen molar-refractivity contribution >= 4 is 17.3 Å². The Labute approximate surface area is 103 Å². The Hall–Kier alpha value is -1.75. The van der Waals surface area contributed by atoms with Crippen molar-refractivity contribution in [3.05, 3.63) is 34.5 Å². The summed E-state index contributed by atoms with van der Waals surface area (Å²) in [6, 6.07) is 1.71. The van der Waals surface area contributed by atoms with Gasteiger partial charge in [0, 0.05) is 22.8 Å². The molecule has 5 heteroatoms. The number of carbonyl (C=O) groups is 1. The van der Waals surface area contributed by atoms with Crippen LogP contribution in [-0.2, 0) is 6.42 Å². The number of hydrogen-bond acceptors (Lipinski definition) is 4. The van der Waals surface area contributed by atoms with Crippen molar-refractivity contribution in [2.24, 2.45) is 0 Å². The van der Waals surface area contributed by atoms with E-state index >= 15 is 0 Å². The smallest absolute Gasteiger partial charge is 0.345 e. The van der Waals surface area contributed by atoms with Crippen molar-refractivity contribution < 1.29 is 9.90 Å². The standard InChI is InChI=1S/C12H12N2O2S/c1-2-3-10-9(4-11(17-10)12(15)16)8-5-13-7-14-6-8/h4-7H,2-3H2,1H3,(H,15,16). The molecule has 0 atom stereocenters. The van der Waals surface area contributed by atoms with Gasteiger partial charge >= 0.3 is 5.97 Å². The van der Waals surface area contributed by atoms with Crippen LogP contribution in [0.25, 0.3) is 11.1 Å². The Kier molecular flexibility index (Phi) is 3.49. The lowest BCUT2D eigenvalue weighted by atomic mass is 10.1. The first kappa shape index (κ1) is 11.7. The summed E-state index contributed by atoms with van der Waals surface area (Å²) >= 11 is 1.33. The van der Waals surface area contributed by atoms with Gasteiger partial charge in [-0.15, -0.1) is 11.3 Å². The van der Waals surface area contributed by atoms with Crippen LogP contribution in [0.5, 0.6) is 0 Å². The van der Waals surface area contributed by atoms with Gasteiger partial charge in [0.05, 0.1) is 0 Å². The lowest BCUT2D eigenvalue weighted by Crippen LogP contribution is -1.90. The molecular formula is C12H12N2O2S. The van der Waals surface area contributed by atoms with Crippen LogP contribution in [-0.4, -0.2) is 21.0 Å². The normalized spacial score (nSPS) is 10.4. The largest absolute Gasteiger partial charge is 0.477 e. The van der Waals surface area contributed by atoms with Crippen LogP contribution in [0.4, 0.5) is 0 Å². The Morgan fingerprint density at radius 2 is 2.12 bits per heavy atom. The van der Waals surface area contributed by atoms with Crippen molar-refractivity contribution in [2.75, 3.05) is 0 Å². The summed E-state index contributed by atoms with van der Waals surface area (Å²) in [6.07, 6.45) is 6.75. The van der Waals surface area contributed by atoms with Gasteiger partial charge in [-0.1, -0.05) is 13.3 Å². The van der Waals surface area contributed by atoms with E-state index in [4.69, 9.17) is 5.11 Å². The van der Waals surface area contributed by atoms with Crippen LogP contribution in [0.1, 0.15) is 27.9 Å². The third-order valence-electron chi connectivity index (χ3n) is 2.37. The molecule has 0 aliphatic heterocycles. The van der Waals surface area contributed by atoms with Crippen molar-refractivity contribution in [1.29, 1.82) is 0 Å². The molecule has 0 spiro atoms. The maximum Gasteiger partial charge on any atom is 0.345 e. The van der Waals surface area contributed by atoms with Crippen molar-refractivity contribution in [3.8, 4) is 11.1 Å². The Morgan fingerprint density at radius 3 is 2.71 bits per heavy atom.